The third-order valence-electron chi connectivity index (χ3n) is 3.93. The number of urea groups is 1. The lowest BCUT2D eigenvalue weighted by Gasteiger charge is -2.31. The molecule has 0 radical (unpaired) electrons. The average Bonchev–Trinajstić information content (AvgIpc) is 2.50. The summed E-state index contributed by atoms with van der Waals surface area (Å²) >= 11 is 0. The molecular formula is C16H24N4O2. The topological polar surface area (TPSA) is 82.3 Å². The molecule has 0 aromatic heterocycles. The number of carbonyl (C=O) groups excluding carboxylic acids is 2. The zero-order valence-electron chi connectivity index (χ0n) is 13.1. The maximum absolute atomic E-state index is 12.2. The second-order valence-electron chi connectivity index (χ2n) is 5.77. The van der Waals surface area contributed by atoms with Gasteiger partial charge in [0.1, 0.15) is 6.04 Å². The molecule has 0 aliphatic carbocycles. The van der Waals surface area contributed by atoms with Crippen LogP contribution in [0.2, 0.25) is 0 Å². The third-order valence-corrected chi connectivity index (χ3v) is 3.93. The van der Waals surface area contributed by atoms with Crippen molar-refractivity contribution >= 4 is 17.6 Å². The molecule has 6 nitrogen and oxygen atoms in total. The van der Waals surface area contributed by atoms with Crippen LogP contribution in [-0.2, 0) is 4.79 Å². The lowest BCUT2D eigenvalue weighted by molar-refractivity contribution is -0.123. The lowest BCUT2D eigenvalue weighted by Crippen LogP contribution is -2.55. The van der Waals surface area contributed by atoms with Crippen molar-refractivity contribution in [1.82, 2.24) is 16.0 Å². The van der Waals surface area contributed by atoms with Crippen molar-refractivity contribution in [3.05, 3.63) is 30.3 Å². The van der Waals surface area contributed by atoms with Crippen LogP contribution in [0.5, 0.6) is 0 Å². The molecule has 1 saturated heterocycles. The van der Waals surface area contributed by atoms with Crippen LogP contribution in [-0.4, -0.2) is 37.1 Å². The summed E-state index contributed by atoms with van der Waals surface area (Å²) in [5, 5.41) is 11.6. The summed E-state index contributed by atoms with van der Waals surface area (Å²) in [6, 6.07) is 8.27. The summed E-state index contributed by atoms with van der Waals surface area (Å²) in [6.07, 6.45) is 1.04. The van der Waals surface area contributed by atoms with E-state index >= 15 is 0 Å². The second-order valence-corrected chi connectivity index (χ2v) is 5.77. The molecule has 6 heteroatoms. The number of hydrogen-bond donors (Lipinski definition) is 4. The van der Waals surface area contributed by atoms with Crippen molar-refractivity contribution < 1.29 is 9.59 Å². The van der Waals surface area contributed by atoms with Gasteiger partial charge in [0.25, 0.3) is 0 Å². The van der Waals surface area contributed by atoms with Gasteiger partial charge in [0.05, 0.1) is 0 Å². The first-order chi connectivity index (χ1) is 10.6. The average molecular weight is 304 g/mol. The van der Waals surface area contributed by atoms with E-state index < -0.39 is 6.04 Å². The van der Waals surface area contributed by atoms with Gasteiger partial charge in [-0.25, -0.2) is 4.79 Å². The number of piperidine rings is 1. The predicted octanol–water partition coefficient (Wildman–Crippen LogP) is 1.31. The van der Waals surface area contributed by atoms with Gasteiger partial charge >= 0.3 is 6.03 Å². The Morgan fingerprint density at radius 2 is 2.00 bits per heavy atom. The number of carbonyl (C=O) groups is 2. The van der Waals surface area contributed by atoms with E-state index in [9.17, 15) is 9.59 Å². The predicted molar refractivity (Wildman–Crippen MR) is 86.6 cm³/mol. The molecule has 1 aromatic carbocycles. The van der Waals surface area contributed by atoms with Gasteiger partial charge in [0.2, 0.25) is 5.91 Å². The molecule has 1 heterocycles. The molecule has 2 rings (SSSR count). The minimum absolute atomic E-state index is 0.114. The monoisotopic (exact) mass is 304 g/mol. The van der Waals surface area contributed by atoms with Crippen LogP contribution >= 0.6 is 0 Å². The zero-order valence-corrected chi connectivity index (χ0v) is 13.1. The zero-order chi connectivity index (χ0) is 15.9. The van der Waals surface area contributed by atoms with E-state index in [4.69, 9.17) is 0 Å². The van der Waals surface area contributed by atoms with E-state index in [-0.39, 0.29) is 18.0 Å². The van der Waals surface area contributed by atoms with Crippen molar-refractivity contribution in [1.29, 1.82) is 0 Å². The van der Waals surface area contributed by atoms with E-state index in [0.29, 0.717) is 11.6 Å². The fraction of sp³-hybridized carbons (Fsp3) is 0.500. The Morgan fingerprint density at radius 3 is 2.68 bits per heavy atom. The van der Waals surface area contributed by atoms with Crippen LogP contribution in [0.25, 0.3) is 0 Å². The first-order valence-electron chi connectivity index (χ1n) is 7.70. The quantitative estimate of drug-likeness (QED) is 0.677. The summed E-state index contributed by atoms with van der Waals surface area (Å²) < 4.78 is 0. The molecule has 0 spiro atoms. The molecule has 1 aromatic rings. The summed E-state index contributed by atoms with van der Waals surface area (Å²) in [7, 11) is 0. The maximum Gasteiger partial charge on any atom is 0.319 e. The molecule has 22 heavy (non-hydrogen) atoms. The Kier molecular flexibility index (Phi) is 5.77. The van der Waals surface area contributed by atoms with E-state index in [1.54, 1.807) is 19.1 Å². The van der Waals surface area contributed by atoms with Crippen LogP contribution in [0.4, 0.5) is 10.5 Å². The normalized spacial score (nSPS) is 22.5. The number of para-hydroxylation sites is 1. The smallest absolute Gasteiger partial charge is 0.319 e. The highest BCUT2D eigenvalue weighted by Gasteiger charge is 2.25. The Balaban J connectivity index is 1.79. The van der Waals surface area contributed by atoms with Crippen molar-refractivity contribution in [2.45, 2.75) is 32.4 Å². The van der Waals surface area contributed by atoms with Gasteiger partial charge in [-0.3, -0.25) is 4.79 Å². The van der Waals surface area contributed by atoms with E-state index in [1.165, 1.54) is 0 Å². The Labute approximate surface area is 131 Å². The summed E-state index contributed by atoms with van der Waals surface area (Å²) in [4.78, 5) is 24.0. The summed E-state index contributed by atoms with van der Waals surface area (Å²) in [6.45, 7) is 5.57. The highest BCUT2D eigenvalue weighted by Crippen LogP contribution is 2.11. The van der Waals surface area contributed by atoms with Crippen molar-refractivity contribution in [2.75, 3.05) is 18.4 Å². The molecule has 3 unspecified atom stereocenters. The highest BCUT2D eigenvalue weighted by atomic mass is 16.2. The molecule has 1 fully saturated rings. The number of amides is 3. The standard InChI is InChI=1S/C16H24N4O2/c1-11-8-9-17-10-14(11)20-15(21)12(2)18-16(22)19-13-6-4-3-5-7-13/h3-7,11-12,14,17H,8-10H2,1-2H3,(H,20,21)(H2,18,19,22). The molecule has 3 amide bonds. The minimum atomic E-state index is -0.585. The number of benzene rings is 1. The molecule has 4 N–H and O–H groups in total. The van der Waals surface area contributed by atoms with Gasteiger partial charge < -0.3 is 21.3 Å². The van der Waals surface area contributed by atoms with Crippen LogP contribution in [0.3, 0.4) is 0 Å². The van der Waals surface area contributed by atoms with Crippen molar-refractivity contribution in [3.63, 3.8) is 0 Å². The van der Waals surface area contributed by atoms with E-state index in [1.807, 2.05) is 18.2 Å². The fourth-order valence-electron chi connectivity index (χ4n) is 2.44. The molecule has 3 atom stereocenters. The van der Waals surface area contributed by atoms with Gasteiger partial charge in [-0.15, -0.1) is 0 Å². The number of rotatable bonds is 4. The number of anilines is 1. The lowest BCUT2D eigenvalue weighted by atomic mass is 9.94. The van der Waals surface area contributed by atoms with E-state index in [2.05, 4.69) is 28.2 Å². The number of hydrogen-bond acceptors (Lipinski definition) is 3. The fourth-order valence-corrected chi connectivity index (χ4v) is 2.44. The highest BCUT2D eigenvalue weighted by molar-refractivity contribution is 5.93. The molecule has 0 bridgehead atoms. The van der Waals surface area contributed by atoms with Gasteiger partial charge in [-0.05, 0) is 37.9 Å². The van der Waals surface area contributed by atoms with Crippen LogP contribution in [0, 0.1) is 5.92 Å². The molecule has 120 valence electrons. The first kappa shape index (κ1) is 16.3. The van der Waals surface area contributed by atoms with Gasteiger partial charge in [-0.2, -0.15) is 0 Å². The first-order valence-corrected chi connectivity index (χ1v) is 7.70. The summed E-state index contributed by atoms with van der Waals surface area (Å²) in [5.74, 6) is 0.277. The maximum atomic E-state index is 12.2. The minimum Gasteiger partial charge on any atom is -0.350 e. The van der Waals surface area contributed by atoms with Crippen molar-refractivity contribution in [3.8, 4) is 0 Å². The van der Waals surface area contributed by atoms with Gasteiger partial charge in [0.15, 0.2) is 0 Å². The summed E-state index contributed by atoms with van der Waals surface area (Å²) in [5.41, 5.74) is 0.692. The SMILES string of the molecule is CC(NC(=O)Nc1ccccc1)C(=O)NC1CNCCC1C. The molecule has 0 saturated carbocycles. The van der Waals surface area contributed by atoms with Gasteiger partial charge in [0, 0.05) is 18.3 Å². The van der Waals surface area contributed by atoms with Crippen LogP contribution in [0.1, 0.15) is 20.3 Å². The molecule has 1 aliphatic rings. The second kappa shape index (κ2) is 7.79. The van der Waals surface area contributed by atoms with Crippen molar-refractivity contribution in [2.24, 2.45) is 5.92 Å². The molecular weight excluding hydrogens is 280 g/mol. The molecule has 1 aliphatic heterocycles. The van der Waals surface area contributed by atoms with Crippen LogP contribution in [0.15, 0.2) is 30.3 Å². The Morgan fingerprint density at radius 1 is 1.27 bits per heavy atom. The Hall–Kier alpha value is -2.08. The third kappa shape index (κ3) is 4.73. The van der Waals surface area contributed by atoms with Gasteiger partial charge in [-0.1, -0.05) is 25.1 Å². The van der Waals surface area contributed by atoms with E-state index in [0.717, 1.165) is 19.5 Å². The number of nitrogens with one attached hydrogen (secondary N) is 4. The largest absolute Gasteiger partial charge is 0.350 e. The van der Waals surface area contributed by atoms with Crippen LogP contribution < -0.4 is 21.3 Å². The Bertz CT molecular complexity index is 506.